The van der Waals surface area contributed by atoms with Crippen molar-refractivity contribution >= 4 is 1700 Å². The molecule has 0 aromatic rings. The van der Waals surface area contributed by atoms with Gasteiger partial charge in [-0.2, -0.15) is 0 Å². The van der Waals surface area contributed by atoms with E-state index in [-0.39, 0.29) is 1700 Å². The van der Waals surface area contributed by atoms with Crippen LogP contribution in [-0.2, 0) is 0 Å². The summed E-state index contributed by atoms with van der Waals surface area (Å²) in [5.74, 6) is 0. The molecule has 56 valence electrons. The van der Waals surface area contributed by atoms with E-state index < -0.39 is 0 Å². The Kier molecular flexibility index (Phi) is 1880. The second-order valence-corrected chi connectivity index (χ2v) is 0. The zero-order valence-electron chi connectivity index (χ0n) is 26.2. The van der Waals surface area contributed by atoms with Gasteiger partial charge >= 0.3 is 1610 Å². The van der Waals surface area contributed by atoms with E-state index in [1.807, 2.05) is 0 Å². The third-order valence-electron chi connectivity index (χ3n) is 0. The van der Waals surface area contributed by atoms with E-state index in [9.17, 15) is 0 Å². The van der Waals surface area contributed by atoms with Gasteiger partial charge in [0.05, 0.1) is 0 Å². The van der Waals surface area contributed by atoms with Gasteiger partial charge in [0.25, 0.3) is 0 Å². The van der Waals surface area contributed by atoms with Gasteiger partial charge in [-0.15, -0.1) is 86.8 Å². The van der Waals surface area contributed by atoms with E-state index in [2.05, 4.69) is 0 Å². The Labute approximate surface area is 1620 Å². The molecular weight excluding hydrogens is 4780 g/mol. The maximum absolute atomic E-state index is 0. The van der Waals surface area contributed by atoms with Crippen molar-refractivity contribution in [3.8, 4) is 0 Å². The summed E-state index contributed by atoms with van der Waals surface area (Å²) in [5, 5.41) is 0. The fraction of sp³-hybridized carbons (Fsp3) is 0. The van der Waals surface area contributed by atoms with Crippen molar-refractivity contribution in [3.63, 3.8) is 0 Å². The Balaban J connectivity index is 0. The summed E-state index contributed by atoms with van der Waals surface area (Å²) in [5.41, 5.74) is 0. The van der Waals surface area contributed by atoms with Gasteiger partial charge in [-0.3, -0.25) is 0 Å². The second kappa shape index (κ2) is 270. The Morgan fingerprint density at radius 1 is 0.0500 bits per heavy atom. The van der Waals surface area contributed by atoms with Crippen LogP contribution >= 0.6 is 86.8 Å². The first-order valence-corrected chi connectivity index (χ1v) is 0. The van der Waals surface area contributed by atoms with Crippen LogP contribution in [0.5, 0.6) is 0 Å². The van der Waals surface area contributed by atoms with Crippen LogP contribution in [0.3, 0.4) is 0 Å². The molecule has 0 aliphatic rings. The van der Waals surface area contributed by atoms with Gasteiger partial charge in [0.2, 0.25) is 0 Å². The third kappa shape index (κ3) is 261. The number of rotatable bonds is 0. The average Bonchev–Trinajstić information content (AvgIpc) is 0. The molecule has 0 N–H and O–H groups in total. The minimum Gasteiger partial charge on any atom is -0.147 e. The molecule has 0 atom stereocenters. The number of halogens is 7. The molecule has 0 saturated heterocycles. The van der Waals surface area contributed by atoms with Gasteiger partial charge in [-0.1, -0.05) is 0 Å². The molecule has 0 aliphatic carbocycles. The van der Waals surface area contributed by atoms with E-state index in [4.69, 9.17) is 0 Å². The Morgan fingerprint density at radius 3 is 0.0500 bits per heavy atom. The van der Waals surface area contributed by atoms with E-state index >= 15 is 0 Å². The molecule has 0 fully saturated rings. The standard InChI is InChI=1S/33Ba.7ClH/h;;;;;;;;;;;;;;;;;;;;;;;;;;;;;;;;;7*1H/q33*+2;;;;;;;. The van der Waals surface area contributed by atoms with E-state index in [0.29, 0.717) is 0 Å². The van der Waals surface area contributed by atoms with Crippen molar-refractivity contribution < 1.29 is 0 Å². The van der Waals surface area contributed by atoms with Crippen molar-refractivity contribution in [2.24, 2.45) is 0 Å². The van der Waals surface area contributed by atoms with E-state index in [1.54, 1.807) is 0 Å². The van der Waals surface area contributed by atoms with Crippen LogP contribution in [0.1, 0.15) is 0 Å². The third-order valence-corrected chi connectivity index (χ3v) is 0. The van der Waals surface area contributed by atoms with Crippen LogP contribution in [0, 0.1) is 0 Å². The van der Waals surface area contributed by atoms with Gasteiger partial charge in [-0.05, 0) is 0 Å². The van der Waals surface area contributed by atoms with Crippen molar-refractivity contribution in [3.05, 3.63) is 0 Å². The van der Waals surface area contributed by atoms with Crippen LogP contribution < -0.4 is 0 Å². The Hall–Kier alpha value is 53.9. The quantitative estimate of drug-likeness (QED) is 0.212. The molecule has 0 aliphatic heterocycles. The maximum atomic E-state index is 0. The molecule has 0 bridgehead atoms. The van der Waals surface area contributed by atoms with Crippen molar-refractivity contribution in [1.29, 1.82) is 0 Å². The molecule has 0 aromatic carbocycles. The molecule has 0 radical (unpaired) electrons. The average molecular weight is 4790 g/mol. The first kappa shape index (κ1) is 279. The van der Waals surface area contributed by atoms with Gasteiger partial charge in [0, 0.05) is 0 Å². The largest absolute Gasteiger partial charge is 2.00 e. The van der Waals surface area contributed by atoms with Crippen LogP contribution in [0.15, 0.2) is 0 Å². The Morgan fingerprint density at radius 2 is 0.0500 bits per heavy atom. The smallest absolute Gasteiger partial charge is 0.147 e. The summed E-state index contributed by atoms with van der Waals surface area (Å²) < 4.78 is 0. The normalized spacial score (nSPS) is 0. The molecule has 40 heteroatoms. The van der Waals surface area contributed by atoms with Crippen molar-refractivity contribution in [1.82, 2.24) is 0 Å². The van der Waals surface area contributed by atoms with E-state index in [0.717, 1.165) is 0 Å². The molecule has 0 amide bonds. The number of hydrogen-bond donors (Lipinski definition) is 0. The molecule has 0 spiro atoms. The Bertz CT molecular complexity index is 26.8. The summed E-state index contributed by atoms with van der Waals surface area (Å²) in [6.07, 6.45) is 0. The van der Waals surface area contributed by atoms with E-state index in [1.165, 1.54) is 0 Å². The molecule has 0 heterocycles. The molecule has 0 unspecified atom stereocenters. The molecule has 0 rings (SSSR count). The molecule has 0 aromatic heterocycles. The van der Waals surface area contributed by atoms with Crippen molar-refractivity contribution in [2.45, 2.75) is 0 Å². The fourth-order valence-electron chi connectivity index (χ4n) is 0. The predicted molar refractivity (Wildman–Crippen MR) is 241 cm³/mol. The van der Waals surface area contributed by atoms with Gasteiger partial charge in [0.1, 0.15) is 0 Å². The molecule has 0 nitrogen and oxygen atoms in total. The van der Waals surface area contributed by atoms with Crippen LogP contribution in [0.2, 0.25) is 0 Å². The SMILES string of the molecule is Cl.Cl.Cl.Cl.Cl.Cl.Cl.[Ba+2].[Ba+2].[Ba+2].[Ba+2].[Ba+2].[Ba+2].[Ba+2].[Ba+2].[Ba+2].[Ba+2].[Ba+2].[Ba+2].[Ba+2].[Ba+2].[Ba+2].[Ba+2].[Ba+2].[Ba+2].[Ba+2].[Ba+2].[Ba+2].[Ba+2].[Ba+2].[Ba+2].[Ba+2].[Ba+2].[Ba+2].[Ba+2].[Ba+2].[Ba+2].[Ba+2].[Ba+2].[Ba+2]. The van der Waals surface area contributed by atoms with Crippen LogP contribution in [-0.4, -0.2) is 1610 Å². The molecule has 40 heavy (non-hydrogen) atoms. The van der Waals surface area contributed by atoms with Gasteiger partial charge in [0.15, 0.2) is 0 Å². The zero-order chi connectivity index (χ0) is 0. The van der Waals surface area contributed by atoms with Crippen LogP contribution in [0.4, 0.5) is 0 Å². The molecular formula is H7Ba33Cl7+66. The summed E-state index contributed by atoms with van der Waals surface area (Å²) >= 11 is 0. The molecule has 0 saturated carbocycles. The van der Waals surface area contributed by atoms with Crippen LogP contribution in [0.25, 0.3) is 0 Å². The topological polar surface area (TPSA) is 0 Å². The zero-order valence-corrected chi connectivity index (χ0v) is 178. The second-order valence-electron chi connectivity index (χ2n) is 0. The summed E-state index contributed by atoms with van der Waals surface area (Å²) in [6, 6.07) is 0. The minimum atomic E-state index is 0. The predicted octanol–water partition coefficient (Wildman–Crippen LogP) is -9.61. The summed E-state index contributed by atoms with van der Waals surface area (Å²) in [7, 11) is 0. The fourth-order valence-corrected chi connectivity index (χ4v) is 0. The van der Waals surface area contributed by atoms with Crippen molar-refractivity contribution in [2.75, 3.05) is 0 Å². The maximum Gasteiger partial charge on any atom is 2.00 e. The minimum absolute atomic E-state index is 0. The first-order chi connectivity index (χ1) is 0. The summed E-state index contributed by atoms with van der Waals surface area (Å²) in [4.78, 5) is 0. The number of hydrogen-bond acceptors (Lipinski definition) is 0. The first-order valence-electron chi connectivity index (χ1n) is 0. The monoisotopic (exact) mass is 4800 g/mol. The summed E-state index contributed by atoms with van der Waals surface area (Å²) in [6.45, 7) is 0. The van der Waals surface area contributed by atoms with Gasteiger partial charge < -0.3 is 0 Å². The van der Waals surface area contributed by atoms with Gasteiger partial charge in [-0.25, -0.2) is 0 Å².